The number of benzene rings is 1. The fourth-order valence-electron chi connectivity index (χ4n) is 1.08. The number of hydrogen-bond donors (Lipinski definition) is 1. The Kier molecular flexibility index (Phi) is 2.67. The average Bonchev–Trinajstić information content (AvgIpc) is 2.68. The van der Waals surface area contributed by atoms with Crippen LogP contribution in [0.4, 0.5) is 0 Å². The summed E-state index contributed by atoms with van der Waals surface area (Å²) in [4.78, 5) is 10.6. The first-order valence-electron chi connectivity index (χ1n) is 4.08. The molecule has 1 heterocycles. The maximum Gasteiger partial charge on any atom is 0.358 e. The van der Waals surface area contributed by atoms with E-state index in [1.807, 2.05) is 24.3 Å². The summed E-state index contributed by atoms with van der Waals surface area (Å²) in [5, 5.41) is 15.9. The number of carbonyl (C=O) groups is 1. The van der Waals surface area contributed by atoms with Gasteiger partial charge in [-0.3, -0.25) is 0 Å². The van der Waals surface area contributed by atoms with E-state index in [4.69, 9.17) is 5.11 Å². The Morgan fingerprint density at radius 2 is 2.00 bits per heavy atom. The summed E-state index contributed by atoms with van der Waals surface area (Å²) in [6, 6.07) is 7.53. The van der Waals surface area contributed by atoms with Gasteiger partial charge in [0.25, 0.3) is 0 Å². The Labute approximate surface area is 98.9 Å². The van der Waals surface area contributed by atoms with Crippen LogP contribution in [-0.2, 0) is 0 Å². The first-order valence-corrected chi connectivity index (χ1v) is 5.16. The Hall–Kier alpha value is -1.44. The summed E-state index contributed by atoms with van der Waals surface area (Å²) in [6.45, 7) is 0. The molecule has 2 rings (SSSR count). The van der Waals surface area contributed by atoms with Crippen LogP contribution in [0, 0.1) is 3.57 Å². The lowest BCUT2D eigenvalue weighted by Gasteiger charge is -1.98. The maximum atomic E-state index is 10.6. The molecule has 1 aromatic heterocycles. The first-order chi connectivity index (χ1) is 7.16. The molecule has 0 aliphatic rings. The summed E-state index contributed by atoms with van der Waals surface area (Å²) in [6.07, 6.45) is 1.38. The van der Waals surface area contributed by atoms with Gasteiger partial charge in [0.15, 0.2) is 5.69 Å². The molecule has 5 nitrogen and oxygen atoms in total. The van der Waals surface area contributed by atoms with Gasteiger partial charge in [-0.25, -0.2) is 9.48 Å². The molecule has 0 saturated carbocycles. The van der Waals surface area contributed by atoms with Crippen molar-refractivity contribution in [3.8, 4) is 5.69 Å². The SMILES string of the molecule is O=C(O)c1cn(-c2ccc(I)cc2)nn1. The third-order valence-corrected chi connectivity index (χ3v) is 2.52. The van der Waals surface area contributed by atoms with Crippen LogP contribution >= 0.6 is 22.6 Å². The molecule has 0 spiro atoms. The van der Waals surface area contributed by atoms with Crippen LogP contribution in [0.1, 0.15) is 10.5 Å². The maximum absolute atomic E-state index is 10.6. The average molecular weight is 315 g/mol. The van der Waals surface area contributed by atoms with Crippen molar-refractivity contribution in [1.82, 2.24) is 15.0 Å². The molecular formula is C9H6IN3O2. The van der Waals surface area contributed by atoms with E-state index in [1.165, 1.54) is 10.9 Å². The van der Waals surface area contributed by atoms with E-state index in [-0.39, 0.29) is 5.69 Å². The van der Waals surface area contributed by atoms with Gasteiger partial charge < -0.3 is 5.11 Å². The zero-order valence-electron chi connectivity index (χ0n) is 7.46. The third-order valence-electron chi connectivity index (χ3n) is 1.80. The van der Waals surface area contributed by atoms with Gasteiger partial charge >= 0.3 is 5.97 Å². The molecule has 76 valence electrons. The Balaban J connectivity index is 2.37. The molecule has 15 heavy (non-hydrogen) atoms. The van der Waals surface area contributed by atoms with Gasteiger partial charge in [-0.1, -0.05) is 5.21 Å². The second-order valence-corrected chi connectivity index (χ2v) is 4.08. The van der Waals surface area contributed by atoms with Gasteiger partial charge in [-0.05, 0) is 46.9 Å². The smallest absolute Gasteiger partial charge is 0.358 e. The summed E-state index contributed by atoms with van der Waals surface area (Å²) in [5.74, 6) is -1.08. The number of carboxylic acid groups (broad SMARTS) is 1. The molecule has 0 atom stereocenters. The van der Waals surface area contributed by atoms with Crippen LogP contribution in [0.5, 0.6) is 0 Å². The fraction of sp³-hybridized carbons (Fsp3) is 0. The van der Waals surface area contributed by atoms with Gasteiger partial charge in [0.1, 0.15) is 0 Å². The van der Waals surface area contributed by atoms with E-state index in [9.17, 15) is 4.79 Å². The number of halogens is 1. The van der Waals surface area contributed by atoms with E-state index < -0.39 is 5.97 Å². The van der Waals surface area contributed by atoms with E-state index >= 15 is 0 Å². The van der Waals surface area contributed by atoms with Crippen LogP contribution in [0.3, 0.4) is 0 Å². The number of aromatic carboxylic acids is 1. The van der Waals surface area contributed by atoms with E-state index in [2.05, 4.69) is 32.9 Å². The molecule has 0 radical (unpaired) electrons. The number of hydrogen-bond acceptors (Lipinski definition) is 3. The Bertz CT molecular complexity index is 492. The Morgan fingerprint density at radius 1 is 1.33 bits per heavy atom. The number of aromatic nitrogens is 3. The summed E-state index contributed by atoms with van der Waals surface area (Å²) < 4.78 is 2.54. The second-order valence-electron chi connectivity index (χ2n) is 2.83. The molecule has 1 N–H and O–H groups in total. The van der Waals surface area contributed by atoms with Crippen molar-refractivity contribution in [2.45, 2.75) is 0 Å². The topological polar surface area (TPSA) is 68.0 Å². The Morgan fingerprint density at radius 3 is 2.53 bits per heavy atom. The van der Waals surface area contributed by atoms with Crippen molar-refractivity contribution in [3.63, 3.8) is 0 Å². The molecule has 0 aliphatic carbocycles. The molecule has 6 heteroatoms. The first kappa shape index (κ1) is 10.1. The second kappa shape index (κ2) is 3.97. The number of rotatable bonds is 2. The lowest BCUT2D eigenvalue weighted by molar-refractivity contribution is 0.0690. The minimum Gasteiger partial charge on any atom is -0.476 e. The van der Waals surface area contributed by atoms with Gasteiger partial charge in [0.2, 0.25) is 0 Å². The van der Waals surface area contributed by atoms with Crippen molar-refractivity contribution in [2.24, 2.45) is 0 Å². The lowest BCUT2D eigenvalue weighted by atomic mass is 10.3. The minimum atomic E-state index is -1.08. The molecule has 2 aromatic rings. The molecule has 0 unspecified atom stereocenters. The van der Waals surface area contributed by atoms with Crippen LogP contribution in [-0.4, -0.2) is 26.1 Å². The summed E-state index contributed by atoms with van der Waals surface area (Å²) in [5.41, 5.74) is 0.726. The molecule has 0 bridgehead atoms. The fourth-order valence-corrected chi connectivity index (χ4v) is 1.44. The monoisotopic (exact) mass is 315 g/mol. The quantitative estimate of drug-likeness (QED) is 0.854. The highest BCUT2D eigenvalue weighted by molar-refractivity contribution is 14.1. The van der Waals surface area contributed by atoms with E-state index in [0.29, 0.717) is 0 Å². The van der Waals surface area contributed by atoms with E-state index in [0.717, 1.165) is 9.26 Å². The van der Waals surface area contributed by atoms with Crippen molar-refractivity contribution < 1.29 is 9.90 Å². The van der Waals surface area contributed by atoms with Gasteiger partial charge in [0, 0.05) is 3.57 Å². The van der Waals surface area contributed by atoms with Crippen LogP contribution in [0.15, 0.2) is 30.5 Å². The molecule has 1 aromatic carbocycles. The van der Waals surface area contributed by atoms with Crippen molar-refractivity contribution in [3.05, 3.63) is 39.7 Å². The minimum absolute atomic E-state index is 0.0615. The van der Waals surface area contributed by atoms with Crippen LogP contribution in [0.2, 0.25) is 0 Å². The van der Waals surface area contributed by atoms with Gasteiger partial charge in [-0.15, -0.1) is 5.10 Å². The highest BCUT2D eigenvalue weighted by Crippen LogP contribution is 2.10. The summed E-state index contributed by atoms with van der Waals surface area (Å²) >= 11 is 2.19. The molecular weight excluding hydrogens is 309 g/mol. The zero-order valence-corrected chi connectivity index (χ0v) is 9.62. The van der Waals surface area contributed by atoms with Crippen molar-refractivity contribution in [2.75, 3.05) is 0 Å². The predicted octanol–water partition coefficient (Wildman–Crippen LogP) is 1.57. The molecule has 0 fully saturated rings. The largest absolute Gasteiger partial charge is 0.476 e. The zero-order chi connectivity index (χ0) is 10.8. The van der Waals surface area contributed by atoms with Crippen molar-refractivity contribution in [1.29, 1.82) is 0 Å². The standard InChI is InChI=1S/C9H6IN3O2/c10-6-1-3-7(4-2-6)13-5-8(9(14)15)11-12-13/h1-5H,(H,14,15). The normalized spacial score (nSPS) is 10.2. The number of carboxylic acids is 1. The van der Waals surface area contributed by atoms with Crippen LogP contribution < -0.4 is 0 Å². The molecule has 0 saturated heterocycles. The number of nitrogens with zero attached hydrogens (tertiary/aromatic N) is 3. The summed E-state index contributed by atoms with van der Waals surface area (Å²) in [7, 11) is 0. The molecule has 0 amide bonds. The van der Waals surface area contributed by atoms with Crippen molar-refractivity contribution >= 4 is 28.6 Å². The lowest BCUT2D eigenvalue weighted by Crippen LogP contribution is -1.95. The highest BCUT2D eigenvalue weighted by atomic mass is 127. The van der Waals surface area contributed by atoms with Crippen LogP contribution in [0.25, 0.3) is 5.69 Å². The van der Waals surface area contributed by atoms with Gasteiger partial charge in [-0.2, -0.15) is 0 Å². The predicted molar refractivity (Wildman–Crippen MR) is 61.0 cm³/mol. The van der Waals surface area contributed by atoms with Gasteiger partial charge in [0.05, 0.1) is 11.9 Å². The highest BCUT2D eigenvalue weighted by Gasteiger charge is 2.08. The molecule has 0 aliphatic heterocycles. The third kappa shape index (κ3) is 2.14. The van der Waals surface area contributed by atoms with E-state index in [1.54, 1.807) is 0 Å².